The molecule has 0 aliphatic heterocycles. The molecule has 2 heterocycles. The molecule has 8 heteroatoms. The second-order valence-electron chi connectivity index (χ2n) is 6.91. The zero-order valence-corrected chi connectivity index (χ0v) is 16.3. The van der Waals surface area contributed by atoms with Crippen molar-refractivity contribution in [2.24, 2.45) is 0 Å². The third-order valence-electron chi connectivity index (χ3n) is 4.66. The quantitative estimate of drug-likeness (QED) is 0.581. The van der Waals surface area contributed by atoms with Crippen molar-refractivity contribution in [1.82, 2.24) is 20.1 Å². The maximum absolute atomic E-state index is 13.0. The van der Waals surface area contributed by atoms with E-state index in [1.165, 1.54) is 23.9 Å². The van der Waals surface area contributed by atoms with Gasteiger partial charge in [-0.2, -0.15) is 0 Å². The van der Waals surface area contributed by atoms with Crippen LogP contribution in [0.1, 0.15) is 48.9 Å². The number of benzene rings is 1. The molecule has 0 spiro atoms. The van der Waals surface area contributed by atoms with E-state index in [0.717, 1.165) is 30.0 Å². The Morgan fingerprint density at radius 1 is 1.32 bits per heavy atom. The molecule has 1 aliphatic rings. The fourth-order valence-electron chi connectivity index (χ4n) is 3.01. The molecule has 1 fully saturated rings. The molecule has 3 aromatic rings. The van der Waals surface area contributed by atoms with Crippen LogP contribution in [0.15, 0.2) is 52.2 Å². The minimum absolute atomic E-state index is 0.109. The molecule has 4 rings (SSSR count). The van der Waals surface area contributed by atoms with Gasteiger partial charge in [-0.05, 0) is 49.6 Å². The fraction of sp³-hybridized carbons (Fsp3) is 0.350. The Morgan fingerprint density at radius 2 is 2.11 bits per heavy atom. The standard InChI is InChI=1S/C20H21FN4O2S/c1-13(14-6-8-16(21)9-7-14)22-18(26)12-28-20-24-23-19(15-4-5-15)25(20)11-17-3-2-10-27-17/h2-3,6-10,13,15H,4-5,11-12H2,1H3,(H,22,26). The highest BCUT2D eigenvalue weighted by molar-refractivity contribution is 7.99. The van der Waals surface area contributed by atoms with Crippen molar-refractivity contribution in [3.05, 3.63) is 65.6 Å². The molecular formula is C20H21FN4O2S. The average molecular weight is 400 g/mol. The first-order valence-electron chi connectivity index (χ1n) is 9.23. The van der Waals surface area contributed by atoms with Crippen LogP contribution in [0.25, 0.3) is 0 Å². The monoisotopic (exact) mass is 400 g/mol. The number of hydrogen-bond donors (Lipinski definition) is 1. The van der Waals surface area contributed by atoms with Gasteiger partial charge in [-0.3, -0.25) is 9.36 Å². The first-order chi connectivity index (χ1) is 13.6. The van der Waals surface area contributed by atoms with Crippen LogP contribution >= 0.6 is 11.8 Å². The van der Waals surface area contributed by atoms with Gasteiger partial charge in [0.15, 0.2) is 5.16 Å². The van der Waals surface area contributed by atoms with Gasteiger partial charge in [0.2, 0.25) is 5.91 Å². The Kier molecular flexibility index (Phi) is 5.47. The zero-order valence-electron chi connectivity index (χ0n) is 15.5. The SMILES string of the molecule is CC(NC(=O)CSc1nnc(C2CC2)n1Cc1ccco1)c1ccc(F)cc1. The number of aromatic nitrogens is 3. The predicted molar refractivity (Wildman–Crippen MR) is 103 cm³/mol. The number of halogens is 1. The van der Waals surface area contributed by atoms with Crippen LogP contribution in [0.3, 0.4) is 0 Å². The van der Waals surface area contributed by atoms with Crippen molar-refractivity contribution in [3.8, 4) is 0 Å². The van der Waals surface area contributed by atoms with Gasteiger partial charge >= 0.3 is 0 Å². The summed E-state index contributed by atoms with van der Waals surface area (Å²) in [6, 6.07) is 9.71. The first kappa shape index (κ1) is 18.7. The number of nitrogens with one attached hydrogen (secondary N) is 1. The number of rotatable bonds is 8. The van der Waals surface area contributed by atoms with Crippen LogP contribution in [0.5, 0.6) is 0 Å². The number of carbonyl (C=O) groups excluding carboxylic acids is 1. The number of amides is 1. The molecule has 2 aromatic heterocycles. The van der Waals surface area contributed by atoms with E-state index in [4.69, 9.17) is 4.42 Å². The molecule has 1 amide bonds. The van der Waals surface area contributed by atoms with E-state index >= 15 is 0 Å². The summed E-state index contributed by atoms with van der Waals surface area (Å²) in [6.07, 6.45) is 3.89. The Labute approximate surface area is 166 Å². The van der Waals surface area contributed by atoms with Crippen LogP contribution in [-0.2, 0) is 11.3 Å². The number of thioether (sulfide) groups is 1. The number of nitrogens with zero attached hydrogens (tertiary/aromatic N) is 3. The van der Waals surface area contributed by atoms with Gasteiger partial charge in [0.05, 0.1) is 24.6 Å². The lowest BCUT2D eigenvalue weighted by Crippen LogP contribution is -2.28. The Morgan fingerprint density at radius 3 is 2.79 bits per heavy atom. The molecule has 1 N–H and O–H groups in total. The molecule has 1 aliphatic carbocycles. The summed E-state index contributed by atoms with van der Waals surface area (Å²) in [5.41, 5.74) is 0.858. The molecule has 1 unspecified atom stereocenters. The molecule has 1 atom stereocenters. The van der Waals surface area contributed by atoms with Crippen LogP contribution in [0, 0.1) is 5.82 Å². The van der Waals surface area contributed by atoms with Gasteiger partial charge < -0.3 is 9.73 Å². The Balaban J connectivity index is 1.38. The smallest absolute Gasteiger partial charge is 0.230 e. The molecule has 1 saturated carbocycles. The summed E-state index contributed by atoms with van der Waals surface area (Å²) in [7, 11) is 0. The predicted octanol–water partition coefficient (Wildman–Crippen LogP) is 3.91. The second-order valence-corrected chi connectivity index (χ2v) is 7.85. The third kappa shape index (κ3) is 4.44. The lowest BCUT2D eigenvalue weighted by atomic mass is 10.1. The largest absolute Gasteiger partial charge is 0.467 e. The lowest BCUT2D eigenvalue weighted by molar-refractivity contribution is -0.119. The van der Waals surface area contributed by atoms with Crippen molar-refractivity contribution in [3.63, 3.8) is 0 Å². The van der Waals surface area contributed by atoms with E-state index in [-0.39, 0.29) is 23.5 Å². The number of carbonyl (C=O) groups is 1. The first-order valence-corrected chi connectivity index (χ1v) is 10.2. The highest BCUT2D eigenvalue weighted by Gasteiger charge is 2.30. The molecule has 0 radical (unpaired) electrons. The summed E-state index contributed by atoms with van der Waals surface area (Å²) in [5, 5.41) is 12.3. The Bertz CT molecular complexity index is 936. The summed E-state index contributed by atoms with van der Waals surface area (Å²) in [6.45, 7) is 2.43. The van der Waals surface area contributed by atoms with Gasteiger partial charge in [0, 0.05) is 5.92 Å². The van der Waals surface area contributed by atoms with E-state index in [2.05, 4.69) is 15.5 Å². The maximum Gasteiger partial charge on any atom is 0.230 e. The Hall–Kier alpha value is -2.61. The number of hydrogen-bond acceptors (Lipinski definition) is 5. The number of furan rings is 1. The molecule has 146 valence electrons. The molecular weight excluding hydrogens is 379 g/mol. The van der Waals surface area contributed by atoms with Gasteiger partial charge in [0.1, 0.15) is 17.4 Å². The van der Waals surface area contributed by atoms with E-state index < -0.39 is 0 Å². The summed E-state index contributed by atoms with van der Waals surface area (Å²) in [4.78, 5) is 12.4. The van der Waals surface area contributed by atoms with Crippen LogP contribution in [-0.4, -0.2) is 26.4 Å². The van der Waals surface area contributed by atoms with Gasteiger partial charge in [-0.15, -0.1) is 10.2 Å². The van der Waals surface area contributed by atoms with Crippen LogP contribution < -0.4 is 5.32 Å². The van der Waals surface area contributed by atoms with Crippen molar-refractivity contribution in [2.75, 3.05) is 5.75 Å². The van der Waals surface area contributed by atoms with E-state index in [1.807, 2.05) is 23.6 Å². The zero-order chi connectivity index (χ0) is 19.5. The molecule has 0 bridgehead atoms. The van der Waals surface area contributed by atoms with Crippen LogP contribution in [0.2, 0.25) is 0 Å². The maximum atomic E-state index is 13.0. The normalized spacial score (nSPS) is 14.8. The highest BCUT2D eigenvalue weighted by atomic mass is 32.2. The minimum Gasteiger partial charge on any atom is -0.467 e. The van der Waals surface area contributed by atoms with Crippen molar-refractivity contribution in [1.29, 1.82) is 0 Å². The van der Waals surface area contributed by atoms with E-state index in [0.29, 0.717) is 17.6 Å². The van der Waals surface area contributed by atoms with Crippen LogP contribution in [0.4, 0.5) is 4.39 Å². The summed E-state index contributed by atoms with van der Waals surface area (Å²) >= 11 is 1.36. The minimum atomic E-state index is -0.291. The molecule has 28 heavy (non-hydrogen) atoms. The molecule has 0 saturated heterocycles. The van der Waals surface area contributed by atoms with Crippen molar-refractivity contribution >= 4 is 17.7 Å². The summed E-state index contributed by atoms with van der Waals surface area (Å²) < 4.78 is 20.5. The topological polar surface area (TPSA) is 73.0 Å². The van der Waals surface area contributed by atoms with Crippen molar-refractivity contribution in [2.45, 2.75) is 43.4 Å². The molecule has 1 aromatic carbocycles. The second kappa shape index (κ2) is 8.18. The van der Waals surface area contributed by atoms with E-state index in [1.54, 1.807) is 18.4 Å². The average Bonchev–Trinajstić information content (AvgIpc) is 3.24. The van der Waals surface area contributed by atoms with Gasteiger partial charge in [-0.1, -0.05) is 23.9 Å². The fourth-order valence-corrected chi connectivity index (χ4v) is 3.76. The lowest BCUT2D eigenvalue weighted by Gasteiger charge is -2.14. The summed E-state index contributed by atoms with van der Waals surface area (Å²) in [5.74, 6) is 2.07. The highest BCUT2D eigenvalue weighted by Crippen LogP contribution is 2.40. The van der Waals surface area contributed by atoms with Gasteiger partial charge in [-0.25, -0.2) is 4.39 Å². The van der Waals surface area contributed by atoms with Crippen molar-refractivity contribution < 1.29 is 13.6 Å². The molecule has 6 nitrogen and oxygen atoms in total. The van der Waals surface area contributed by atoms with Gasteiger partial charge in [0.25, 0.3) is 0 Å². The van der Waals surface area contributed by atoms with E-state index in [9.17, 15) is 9.18 Å². The third-order valence-corrected chi connectivity index (χ3v) is 5.63.